The first-order valence-electron chi connectivity index (χ1n) is 6.32. The third kappa shape index (κ3) is 3.40. The third-order valence-electron chi connectivity index (χ3n) is 3.45. The molecule has 2 nitrogen and oxygen atoms in total. The smallest absolute Gasteiger partial charge is 0.0677 e. The number of nitriles is 1. The molecule has 2 atom stereocenters. The maximum Gasteiger partial charge on any atom is 0.0677 e. The highest BCUT2D eigenvalue weighted by molar-refractivity contribution is 9.10. The monoisotopic (exact) mass is 326 g/mol. The van der Waals surface area contributed by atoms with Crippen LogP contribution < -0.4 is 5.32 Å². The largest absolute Gasteiger partial charge is 0.380 e. The SMILES string of the molecule is N#CC1CCCCCC1Nc1cc(Cl)ccc1Br. The van der Waals surface area contributed by atoms with E-state index < -0.39 is 0 Å². The van der Waals surface area contributed by atoms with Crippen LogP contribution in [0.4, 0.5) is 5.69 Å². The standard InChI is InChI=1S/C14H16BrClN2/c15-12-7-6-11(16)8-14(12)18-13-5-3-1-2-4-10(13)9-17/h6-8,10,13,18H,1-5H2. The van der Waals surface area contributed by atoms with E-state index in [0.29, 0.717) is 5.02 Å². The van der Waals surface area contributed by atoms with Crippen LogP contribution in [0.25, 0.3) is 0 Å². The first-order chi connectivity index (χ1) is 8.70. The van der Waals surface area contributed by atoms with Crippen molar-refractivity contribution in [1.82, 2.24) is 0 Å². The van der Waals surface area contributed by atoms with Crippen LogP contribution in [0.5, 0.6) is 0 Å². The zero-order valence-electron chi connectivity index (χ0n) is 10.1. The zero-order chi connectivity index (χ0) is 13.0. The summed E-state index contributed by atoms with van der Waals surface area (Å²) in [5.41, 5.74) is 0.981. The molecular formula is C14H16BrClN2. The van der Waals surface area contributed by atoms with Gasteiger partial charge in [-0.1, -0.05) is 30.9 Å². The van der Waals surface area contributed by atoms with E-state index in [4.69, 9.17) is 11.6 Å². The van der Waals surface area contributed by atoms with E-state index >= 15 is 0 Å². The molecule has 1 aromatic rings. The molecule has 1 N–H and O–H groups in total. The summed E-state index contributed by atoms with van der Waals surface area (Å²) in [4.78, 5) is 0. The molecule has 0 saturated heterocycles. The Balaban J connectivity index is 2.15. The van der Waals surface area contributed by atoms with E-state index in [-0.39, 0.29) is 12.0 Å². The minimum Gasteiger partial charge on any atom is -0.380 e. The Morgan fingerprint density at radius 3 is 2.83 bits per heavy atom. The average molecular weight is 328 g/mol. The lowest BCUT2D eigenvalue weighted by atomic mass is 9.96. The molecule has 1 fully saturated rings. The Bertz CT molecular complexity index is 456. The van der Waals surface area contributed by atoms with Crippen molar-refractivity contribution in [2.45, 2.75) is 38.1 Å². The number of halogens is 2. The normalized spacial score (nSPS) is 24.1. The Morgan fingerprint density at radius 1 is 1.28 bits per heavy atom. The summed E-state index contributed by atoms with van der Waals surface area (Å²) in [6.45, 7) is 0. The van der Waals surface area contributed by atoms with E-state index in [1.807, 2.05) is 18.2 Å². The minimum atomic E-state index is 0.0957. The van der Waals surface area contributed by atoms with E-state index in [9.17, 15) is 5.26 Å². The van der Waals surface area contributed by atoms with Gasteiger partial charge in [0.2, 0.25) is 0 Å². The quantitative estimate of drug-likeness (QED) is 0.777. The summed E-state index contributed by atoms with van der Waals surface area (Å²) in [5, 5.41) is 13.4. The van der Waals surface area contributed by atoms with Crippen LogP contribution in [0.15, 0.2) is 22.7 Å². The van der Waals surface area contributed by atoms with Gasteiger partial charge in [-0.25, -0.2) is 0 Å². The highest BCUT2D eigenvalue weighted by Crippen LogP contribution is 2.31. The second kappa shape index (κ2) is 6.45. The summed E-state index contributed by atoms with van der Waals surface area (Å²) in [5.74, 6) is 0.0957. The molecule has 2 rings (SSSR count). The van der Waals surface area contributed by atoms with Crippen LogP contribution in [-0.4, -0.2) is 6.04 Å². The summed E-state index contributed by atoms with van der Waals surface area (Å²) in [6, 6.07) is 8.36. The van der Waals surface area contributed by atoms with Crippen LogP contribution >= 0.6 is 27.5 Å². The predicted molar refractivity (Wildman–Crippen MR) is 78.8 cm³/mol. The molecule has 0 spiro atoms. The highest BCUT2D eigenvalue weighted by Gasteiger charge is 2.23. The van der Waals surface area contributed by atoms with Gasteiger partial charge < -0.3 is 5.32 Å². The van der Waals surface area contributed by atoms with Gasteiger partial charge >= 0.3 is 0 Å². The van der Waals surface area contributed by atoms with Gasteiger partial charge in [-0.3, -0.25) is 0 Å². The van der Waals surface area contributed by atoms with Crippen molar-refractivity contribution in [2.24, 2.45) is 5.92 Å². The van der Waals surface area contributed by atoms with Gasteiger partial charge in [-0.05, 0) is 47.0 Å². The molecular weight excluding hydrogens is 312 g/mol. The average Bonchev–Trinajstić information content (AvgIpc) is 2.59. The second-order valence-corrected chi connectivity index (χ2v) is 6.04. The van der Waals surface area contributed by atoms with E-state index in [0.717, 1.165) is 29.4 Å². The molecule has 0 aromatic heterocycles. The van der Waals surface area contributed by atoms with Crippen LogP contribution in [0.1, 0.15) is 32.1 Å². The van der Waals surface area contributed by atoms with E-state index in [1.165, 1.54) is 12.8 Å². The van der Waals surface area contributed by atoms with Crippen molar-refractivity contribution >= 4 is 33.2 Å². The van der Waals surface area contributed by atoms with Crippen LogP contribution in [0.3, 0.4) is 0 Å². The lowest BCUT2D eigenvalue weighted by Gasteiger charge is -2.23. The number of anilines is 1. The van der Waals surface area contributed by atoms with Crippen LogP contribution in [-0.2, 0) is 0 Å². The molecule has 2 unspecified atom stereocenters. The van der Waals surface area contributed by atoms with Crippen LogP contribution in [0.2, 0.25) is 5.02 Å². The number of rotatable bonds is 2. The van der Waals surface area contributed by atoms with Gasteiger partial charge in [-0.15, -0.1) is 0 Å². The molecule has 0 radical (unpaired) electrons. The summed E-state index contributed by atoms with van der Waals surface area (Å²) < 4.78 is 0.993. The number of nitrogens with zero attached hydrogens (tertiary/aromatic N) is 1. The summed E-state index contributed by atoms with van der Waals surface area (Å²) in [6.07, 6.45) is 5.62. The topological polar surface area (TPSA) is 35.8 Å². The van der Waals surface area contributed by atoms with Crippen molar-refractivity contribution in [1.29, 1.82) is 5.26 Å². The van der Waals surface area contributed by atoms with E-state index in [1.54, 1.807) is 0 Å². The van der Waals surface area contributed by atoms with Crippen molar-refractivity contribution in [3.63, 3.8) is 0 Å². The molecule has 1 aliphatic carbocycles. The fourth-order valence-electron chi connectivity index (χ4n) is 2.44. The molecule has 0 aliphatic heterocycles. The molecule has 1 saturated carbocycles. The second-order valence-electron chi connectivity index (χ2n) is 4.75. The third-order valence-corrected chi connectivity index (χ3v) is 4.38. The Morgan fingerprint density at radius 2 is 2.06 bits per heavy atom. The molecule has 0 heterocycles. The maximum atomic E-state index is 9.26. The molecule has 18 heavy (non-hydrogen) atoms. The van der Waals surface area contributed by atoms with Gasteiger partial charge in [0.05, 0.1) is 17.7 Å². The summed E-state index contributed by atoms with van der Waals surface area (Å²) in [7, 11) is 0. The van der Waals surface area contributed by atoms with Gasteiger partial charge in [-0.2, -0.15) is 5.26 Å². The van der Waals surface area contributed by atoms with Crippen LogP contribution in [0, 0.1) is 17.2 Å². The minimum absolute atomic E-state index is 0.0957. The first-order valence-corrected chi connectivity index (χ1v) is 7.49. The number of nitrogens with one attached hydrogen (secondary N) is 1. The Labute approximate surface area is 121 Å². The fraction of sp³-hybridized carbons (Fsp3) is 0.500. The van der Waals surface area contributed by atoms with Crippen molar-refractivity contribution in [3.05, 3.63) is 27.7 Å². The van der Waals surface area contributed by atoms with Gasteiger partial charge in [0, 0.05) is 15.5 Å². The van der Waals surface area contributed by atoms with Gasteiger partial charge in [0.1, 0.15) is 0 Å². The molecule has 0 amide bonds. The van der Waals surface area contributed by atoms with Crippen molar-refractivity contribution in [2.75, 3.05) is 5.32 Å². The number of hydrogen-bond donors (Lipinski definition) is 1. The number of hydrogen-bond acceptors (Lipinski definition) is 2. The number of benzene rings is 1. The van der Waals surface area contributed by atoms with E-state index in [2.05, 4.69) is 27.3 Å². The Kier molecular flexibility index (Phi) is 4.91. The predicted octanol–water partition coefficient (Wildman–Crippen LogP) is 4.99. The molecule has 1 aliphatic rings. The molecule has 1 aromatic carbocycles. The fourth-order valence-corrected chi connectivity index (χ4v) is 2.98. The van der Waals surface area contributed by atoms with Gasteiger partial charge in [0.15, 0.2) is 0 Å². The lowest BCUT2D eigenvalue weighted by Crippen LogP contribution is -2.27. The van der Waals surface area contributed by atoms with Gasteiger partial charge in [0.25, 0.3) is 0 Å². The van der Waals surface area contributed by atoms with Crippen molar-refractivity contribution < 1.29 is 0 Å². The Hall–Kier alpha value is -0.720. The maximum absolute atomic E-state index is 9.26. The first kappa shape index (κ1) is 13.7. The summed E-state index contributed by atoms with van der Waals surface area (Å²) >= 11 is 9.53. The molecule has 4 heteroatoms. The molecule has 96 valence electrons. The molecule has 0 bridgehead atoms. The van der Waals surface area contributed by atoms with Crippen molar-refractivity contribution in [3.8, 4) is 6.07 Å². The highest BCUT2D eigenvalue weighted by atomic mass is 79.9. The zero-order valence-corrected chi connectivity index (χ0v) is 12.5. The lowest BCUT2D eigenvalue weighted by molar-refractivity contribution is 0.514.